The quantitative estimate of drug-likeness (QED) is 0.578. The van der Waals surface area contributed by atoms with Crippen LogP contribution in [0.15, 0.2) is 42.5 Å². The molecular weight excluding hydrogens is 422 g/mol. The van der Waals surface area contributed by atoms with Crippen molar-refractivity contribution in [1.82, 2.24) is 15.1 Å². The molecule has 1 aromatic heterocycles. The van der Waals surface area contributed by atoms with Crippen LogP contribution >= 0.6 is 11.3 Å². The Bertz CT molecular complexity index is 1110. The minimum atomic E-state index is -0.266. The minimum Gasteiger partial charge on any atom is -0.324 e. The summed E-state index contributed by atoms with van der Waals surface area (Å²) in [7, 11) is 0. The molecule has 1 unspecified atom stereocenters. The lowest BCUT2D eigenvalue weighted by Gasteiger charge is -2.31. The molecule has 1 fully saturated rings. The van der Waals surface area contributed by atoms with Gasteiger partial charge in [-0.1, -0.05) is 35.1 Å². The Morgan fingerprint density at radius 2 is 1.66 bits per heavy atom. The summed E-state index contributed by atoms with van der Waals surface area (Å²) in [5.41, 5.74) is 4.89. The first-order chi connectivity index (χ1) is 15.4. The Hall–Kier alpha value is -3.26. The molecule has 3 aromatic rings. The average Bonchev–Trinajstić information content (AvgIpc) is 3.25. The molecule has 8 heteroatoms. The zero-order valence-electron chi connectivity index (χ0n) is 18.5. The number of urea groups is 1. The van der Waals surface area contributed by atoms with Gasteiger partial charge in [-0.3, -0.25) is 4.79 Å². The number of piperidine rings is 1. The van der Waals surface area contributed by atoms with Crippen LogP contribution in [0.25, 0.3) is 0 Å². The predicted octanol–water partition coefficient (Wildman–Crippen LogP) is 5.13. The van der Waals surface area contributed by atoms with Crippen molar-refractivity contribution in [3.05, 3.63) is 69.2 Å². The lowest BCUT2D eigenvalue weighted by Crippen LogP contribution is -2.41. The number of aromatic nitrogens is 2. The Morgan fingerprint density at radius 3 is 2.38 bits per heavy atom. The number of carbonyl (C=O) groups is 2. The van der Waals surface area contributed by atoms with Gasteiger partial charge >= 0.3 is 6.03 Å². The van der Waals surface area contributed by atoms with Crippen LogP contribution in [0.1, 0.15) is 50.3 Å². The van der Waals surface area contributed by atoms with Crippen LogP contribution in [-0.4, -0.2) is 40.1 Å². The summed E-state index contributed by atoms with van der Waals surface area (Å²) < 4.78 is 0. The van der Waals surface area contributed by atoms with Gasteiger partial charge in [-0.2, -0.15) is 0 Å². The number of hydrogen-bond donors (Lipinski definition) is 2. The van der Waals surface area contributed by atoms with Gasteiger partial charge < -0.3 is 15.5 Å². The third kappa shape index (κ3) is 5.31. The molecule has 1 atom stereocenters. The van der Waals surface area contributed by atoms with Crippen molar-refractivity contribution in [2.24, 2.45) is 0 Å². The van der Waals surface area contributed by atoms with Gasteiger partial charge in [0.15, 0.2) is 0 Å². The zero-order chi connectivity index (χ0) is 22.7. The lowest BCUT2D eigenvalue weighted by atomic mass is 9.99. The molecule has 1 aliphatic rings. The van der Waals surface area contributed by atoms with E-state index in [4.69, 9.17) is 0 Å². The smallest absolute Gasteiger partial charge is 0.321 e. The van der Waals surface area contributed by atoms with E-state index >= 15 is 0 Å². The summed E-state index contributed by atoms with van der Waals surface area (Å²) in [4.78, 5) is 27.2. The summed E-state index contributed by atoms with van der Waals surface area (Å²) in [6.07, 6.45) is 1.80. The number of rotatable bonds is 4. The van der Waals surface area contributed by atoms with Crippen molar-refractivity contribution in [3.63, 3.8) is 0 Å². The Kier molecular flexibility index (Phi) is 6.50. The van der Waals surface area contributed by atoms with E-state index in [2.05, 4.69) is 26.9 Å². The average molecular weight is 450 g/mol. The fourth-order valence-electron chi connectivity index (χ4n) is 3.93. The molecule has 2 heterocycles. The number of nitrogens with zero attached hydrogens (tertiary/aromatic N) is 3. The zero-order valence-corrected chi connectivity index (χ0v) is 19.3. The maximum Gasteiger partial charge on any atom is 0.321 e. The van der Waals surface area contributed by atoms with Crippen molar-refractivity contribution in [2.45, 2.75) is 39.5 Å². The molecular formula is C24H27N5O2S. The van der Waals surface area contributed by atoms with Crippen LogP contribution in [-0.2, 0) is 0 Å². The van der Waals surface area contributed by atoms with Crippen molar-refractivity contribution >= 4 is 34.6 Å². The van der Waals surface area contributed by atoms with Gasteiger partial charge in [-0.05, 0) is 69.0 Å². The van der Waals surface area contributed by atoms with E-state index in [1.807, 2.05) is 62.1 Å². The van der Waals surface area contributed by atoms with Crippen LogP contribution in [0, 0.1) is 20.8 Å². The maximum atomic E-state index is 12.8. The SMILES string of the molecule is Cc1ccc(NC(=O)c2nnc(C3CCCN(C(=O)Nc4cc(C)cc(C)c4)C3)s2)cc1. The first-order valence-corrected chi connectivity index (χ1v) is 11.5. The van der Waals surface area contributed by atoms with E-state index < -0.39 is 0 Å². The number of anilines is 2. The molecule has 0 aliphatic carbocycles. The predicted molar refractivity (Wildman–Crippen MR) is 128 cm³/mol. The highest BCUT2D eigenvalue weighted by Gasteiger charge is 2.28. The van der Waals surface area contributed by atoms with Crippen molar-refractivity contribution < 1.29 is 9.59 Å². The lowest BCUT2D eigenvalue weighted by molar-refractivity contribution is 0.102. The third-order valence-corrected chi connectivity index (χ3v) is 6.56. The molecule has 0 saturated carbocycles. The highest BCUT2D eigenvalue weighted by atomic mass is 32.1. The van der Waals surface area contributed by atoms with Crippen LogP contribution in [0.5, 0.6) is 0 Å². The number of likely N-dealkylation sites (tertiary alicyclic amines) is 1. The Balaban J connectivity index is 1.39. The Morgan fingerprint density at radius 1 is 0.938 bits per heavy atom. The van der Waals surface area contributed by atoms with E-state index in [9.17, 15) is 9.59 Å². The fourth-order valence-corrected chi connectivity index (χ4v) is 4.79. The summed E-state index contributed by atoms with van der Waals surface area (Å²) in [5.74, 6) is -0.190. The Labute approximate surface area is 191 Å². The van der Waals surface area contributed by atoms with E-state index in [0.717, 1.165) is 45.9 Å². The summed E-state index contributed by atoms with van der Waals surface area (Å²) >= 11 is 1.30. The minimum absolute atomic E-state index is 0.0761. The molecule has 4 rings (SSSR count). The van der Waals surface area contributed by atoms with Gasteiger partial charge in [0.25, 0.3) is 5.91 Å². The number of carbonyl (C=O) groups excluding carboxylic acids is 2. The molecule has 0 bridgehead atoms. The van der Waals surface area contributed by atoms with Gasteiger partial charge in [0.1, 0.15) is 5.01 Å². The second kappa shape index (κ2) is 9.48. The normalized spacial score (nSPS) is 16.0. The van der Waals surface area contributed by atoms with Gasteiger partial charge in [0.2, 0.25) is 5.01 Å². The molecule has 2 N–H and O–H groups in total. The van der Waals surface area contributed by atoms with Gasteiger partial charge in [-0.25, -0.2) is 4.79 Å². The molecule has 0 radical (unpaired) electrons. The number of aryl methyl sites for hydroxylation is 3. The standard InChI is InChI=1S/C24H27N5O2S/c1-15-6-8-19(9-7-15)25-21(30)23-28-27-22(32-23)18-5-4-10-29(14-18)24(31)26-20-12-16(2)11-17(3)13-20/h6-9,11-13,18H,4-5,10,14H2,1-3H3,(H,25,30)(H,26,31). The van der Waals surface area contributed by atoms with Crippen molar-refractivity contribution in [1.29, 1.82) is 0 Å². The number of amides is 3. The van der Waals surface area contributed by atoms with Crippen molar-refractivity contribution in [2.75, 3.05) is 23.7 Å². The highest BCUT2D eigenvalue weighted by Crippen LogP contribution is 2.30. The highest BCUT2D eigenvalue weighted by molar-refractivity contribution is 7.13. The molecule has 2 aromatic carbocycles. The van der Waals surface area contributed by atoms with E-state index in [1.54, 1.807) is 0 Å². The van der Waals surface area contributed by atoms with Gasteiger partial charge in [0, 0.05) is 30.4 Å². The maximum absolute atomic E-state index is 12.8. The number of hydrogen-bond acceptors (Lipinski definition) is 5. The third-order valence-electron chi connectivity index (χ3n) is 5.48. The molecule has 0 spiro atoms. The van der Waals surface area contributed by atoms with Crippen LogP contribution in [0.3, 0.4) is 0 Å². The van der Waals surface area contributed by atoms with Crippen LogP contribution in [0.2, 0.25) is 0 Å². The molecule has 7 nitrogen and oxygen atoms in total. The largest absolute Gasteiger partial charge is 0.324 e. The summed E-state index contributed by atoms with van der Waals surface area (Å²) in [6, 6.07) is 13.5. The summed E-state index contributed by atoms with van der Waals surface area (Å²) in [5, 5.41) is 15.4. The molecule has 1 aliphatic heterocycles. The molecule has 3 amide bonds. The number of nitrogens with one attached hydrogen (secondary N) is 2. The van der Waals surface area contributed by atoms with Crippen molar-refractivity contribution in [3.8, 4) is 0 Å². The molecule has 1 saturated heterocycles. The van der Waals surface area contributed by atoms with Crippen LogP contribution < -0.4 is 10.6 Å². The van der Waals surface area contributed by atoms with Gasteiger partial charge in [0.05, 0.1) is 0 Å². The first kappa shape index (κ1) is 22.0. The van der Waals surface area contributed by atoms with E-state index in [1.165, 1.54) is 11.3 Å². The van der Waals surface area contributed by atoms with E-state index in [-0.39, 0.29) is 17.9 Å². The fraction of sp³-hybridized carbons (Fsp3) is 0.333. The van der Waals surface area contributed by atoms with Crippen LogP contribution in [0.4, 0.5) is 16.2 Å². The van der Waals surface area contributed by atoms with Gasteiger partial charge in [-0.15, -0.1) is 10.2 Å². The topological polar surface area (TPSA) is 87.2 Å². The monoisotopic (exact) mass is 449 g/mol. The summed E-state index contributed by atoms with van der Waals surface area (Å²) in [6.45, 7) is 7.29. The van der Waals surface area contributed by atoms with E-state index in [0.29, 0.717) is 18.1 Å². The second-order valence-electron chi connectivity index (χ2n) is 8.36. The molecule has 32 heavy (non-hydrogen) atoms. The molecule has 166 valence electrons. The second-order valence-corrected chi connectivity index (χ2v) is 9.37. The number of benzene rings is 2. The first-order valence-electron chi connectivity index (χ1n) is 10.7.